The van der Waals surface area contributed by atoms with Gasteiger partial charge in [-0.1, -0.05) is 24.9 Å². The van der Waals surface area contributed by atoms with Crippen molar-refractivity contribution in [3.05, 3.63) is 45.2 Å². The van der Waals surface area contributed by atoms with Crippen LogP contribution in [0.2, 0.25) is 5.02 Å². The van der Waals surface area contributed by atoms with Crippen LogP contribution in [0.15, 0.2) is 29.4 Å². The van der Waals surface area contributed by atoms with Crippen LogP contribution in [-0.4, -0.2) is 17.0 Å². The molecule has 0 atom stereocenters. The molecule has 0 aliphatic heterocycles. The van der Waals surface area contributed by atoms with Crippen LogP contribution in [0.3, 0.4) is 0 Å². The lowest BCUT2D eigenvalue weighted by atomic mass is 9.79. The van der Waals surface area contributed by atoms with Gasteiger partial charge in [-0.25, -0.2) is 0 Å². The maximum atomic E-state index is 12.8. The van der Waals surface area contributed by atoms with E-state index >= 15 is 0 Å². The van der Waals surface area contributed by atoms with Crippen molar-refractivity contribution in [2.45, 2.75) is 57.9 Å². The monoisotopic (exact) mass is 392 g/mol. The largest absolute Gasteiger partial charge is 0.496 e. The molecule has 4 nitrogen and oxygen atoms in total. The van der Waals surface area contributed by atoms with Crippen LogP contribution < -0.4 is 9.41 Å². The number of aromatic nitrogens is 1. The summed E-state index contributed by atoms with van der Waals surface area (Å²) in [6.07, 6.45) is 8.96. The zero-order valence-corrected chi connectivity index (χ0v) is 17.1. The van der Waals surface area contributed by atoms with Gasteiger partial charge in [0.1, 0.15) is 10.4 Å². The van der Waals surface area contributed by atoms with Gasteiger partial charge in [0.15, 0.2) is 0 Å². The molecule has 1 aromatic heterocycles. The third-order valence-electron chi connectivity index (χ3n) is 5.09. The van der Waals surface area contributed by atoms with E-state index in [9.17, 15) is 4.79 Å². The molecule has 6 heteroatoms. The van der Waals surface area contributed by atoms with Gasteiger partial charge in [-0.2, -0.15) is 4.99 Å². The van der Waals surface area contributed by atoms with E-state index in [1.54, 1.807) is 36.8 Å². The molecule has 0 unspecified atom stereocenters. The van der Waals surface area contributed by atoms with Gasteiger partial charge in [-0.05, 0) is 68.8 Å². The third-order valence-corrected chi connectivity index (χ3v) is 6.59. The summed E-state index contributed by atoms with van der Waals surface area (Å²) in [5.74, 6) is 0.184. The summed E-state index contributed by atoms with van der Waals surface area (Å²) in [5, 5.41) is 0.499. The number of aryl methyl sites for hydroxylation is 1. The molecule has 1 amide bonds. The van der Waals surface area contributed by atoms with E-state index in [4.69, 9.17) is 16.3 Å². The van der Waals surface area contributed by atoms with Gasteiger partial charge >= 0.3 is 0 Å². The molecule has 2 aromatic rings. The predicted octanol–water partition coefficient (Wildman–Crippen LogP) is 5.19. The van der Waals surface area contributed by atoms with Crippen molar-refractivity contribution in [3.63, 3.8) is 0 Å². The Hall–Kier alpha value is -1.59. The molecule has 1 aliphatic carbocycles. The highest BCUT2D eigenvalue weighted by atomic mass is 35.5. The van der Waals surface area contributed by atoms with Crippen LogP contribution in [0.25, 0.3) is 0 Å². The van der Waals surface area contributed by atoms with Crippen LogP contribution in [-0.2, 0) is 12.0 Å². The normalized spacial score (nSPS) is 16.4. The molecular weight excluding hydrogens is 368 g/mol. The number of hydrogen-bond donors (Lipinski definition) is 0. The number of unbranched alkanes of at least 4 members (excludes halogenated alkanes) is 1. The molecule has 0 radical (unpaired) electrons. The molecule has 3 rings (SSSR count). The number of hydrogen-bond acceptors (Lipinski definition) is 3. The summed E-state index contributed by atoms with van der Waals surface area (Å²) in [5.41, 5.74) is 1.73. The van der Waals surface area contributed by atoms with Crippen molar-refractivity contribution in [2.24, 2.45) is 4.99 Å². The molecule has 0 saturated heterocycles. The van der Waals surface area contributed by atoms with Crippen molar-refractivity contribution < 1.29 is 9.53 Å². The molecule has 0 bridgehead atoms. The Morgan fingerprint density at radius 1 is 1.42 bits per heavy atom. The maximum absolute atomic E-state index is 12.8. The van der Waals surface area contributed by atoms with Gasteiger partial charge in [0.25, 0.3) is 5.91 Å². The third kappa shape index (κ3) is 3.89. The first kappa shape index (κ1) is 19.2. The Bertz CT molecular complexity index is 865. The van der Waals surface area contributed by atoms with E-state index in [0.717, 1.165) is 29.5 Å². The van der Waals surface area contributed by atoms with Crippen LogP contribution in [0.4, 0.5) is 0 Å². The van der Waals surface area contributed by atoms with Crippen molar-refractivity contribution >= 4 is 29.0 Å². The minimum Gasteiger partial charge on any atom is -0.496 e. The molecule has 140 valence electrons. The predicted molar refractivity (Wildman–Crippen MR) is 106 cm³/mol. The number of rotatable bonds is 6. The molecular formula is C20H25ClN2O2S. The number of nitrogens with zero attached hydrogens (tertiary/aromatic N) is 2. The smallest absolute Gasteiger partial charge is 0.282 e. The lowest BCUT2D eigenvalue weighted by Crippen LogP contribution is -2.35. The average molecular weight is 393 g/mol. The van der Waals surface area contributed by atoms with E-state index < -0.39 is 0 Å². The Balaban J connectivity index is 2.01. The number of carbonyl (C=O) groups is 1. The number of ether oxygens (including phenoxy) is 1. The SMILES string of the molecule is CCCCc1cn(C2(C)CCC2)s/c1=N\C(=O)c1cc(Cl)ccc1OC. The minimum atomic E-state index is -0.310. The number of amides is 1. The highest BCUT2D eigenvalue weighted by molar-refractivity contribution is 7.04. The number of halogens is 1. The van der Waals surface area contributed by atoms with Crippen LogP contribution in [0.1, 0.15) is 61.9 Å². The van der Waals surface area contributed by atoms with E-state index in [1.165, 1.54) is 19.3 Å². The fourth-order valence-electron chi connectivity index (χ4n) is 3.18. The molecule has 1 aromatic carbocycles. The maximum Gasteiger partial charge on any atom is 0.282 e. The Morgan fingerprint density at radius 3 is 2.81 bits per heavy atom. The van der Waals surface area contributed by atoms with Crippen LogP contribution in [0, 0.1) is 0 Å². The lowest BCUT2D eigenvalue weighted by Gasteiger charge is -2.39. The Kier molecular flexibility index (Phi) is 5.88. The summed E-state index contributed by atoms with van der Waals surface area (Å²) in [4.78, 5) is 17.3. The van der Waals surface area contributed by atoms with Crippen molar-refractivity contribution in [1.82, 2.24) is 3.96 Å². The summed E-state index contributed by atoms with van der Waals surface area (Å²) >= 11 is 7.65. The summed E-state index contributed by atoms with van der Waals surface area (Å²) in [6, 6.07) is 5.03. The van der Waals surface area contributed by atoms with Crippen LogP contribution in [0.5, 0.6) is 5.75 Å². The first-order valence-electron chi connectivity index (χ1n) is 9.12. The first-order chi connectivity index (χ1) is 12.5. The van der Waals surface area contributed by atoms with Gasteiger partial charge in [0, 0.05) is 16.8 Å². The second kappa shape index (κ2) is 7.97. The van der Waals surface area contributed by atoms with Gasteiger partial charge in [-0.15, -0.1) is 0 Å². The van der Waals surface area contributed by atoms with Crippen molar-refractivity contribution in [2.75, 3.05) is 7.11 Å². The highest BCUT2D eigenvalue weighted by Crippen LogP contribution is 2.39. The molecule has 0 spiro atoms. The Labute approximate surface area is 163 Å². The van der Waals surface area contributed by atoms with E-state index in [-0.39, 0.29) is 11.4 Å². The number of benzene rings is 1. The first-order valence-corrected chi connectivity index (χ1v) is 10.3. The fraction of sp³-hybridized carbons (Fsp3) is 0.500. The highest BCUT2D eigenvalue weighted by Gasteiger charge is 2.34. The molecule has 0 N–H and O–H groups in total. The fourth-order valence-corrected chi connectivity index (χ4v) is 4.52. The summed E-state index contributed by atoms with van der Waals surface area (Å²) < 4.78 is 8.40. The molecule has 1 heterocycles. The van der Waals surface area contributed by atoms with Gasteiger partial charge < -0.3 is 4.74 Å². The standard InChI is InChI=1S/C20H25ClN2O2S/c1-4-5-7-14-13-23(20(2)10-6-11-20)26-19(14)22-18(24)16-12-15(21)8-9-17(16)25-3/h8-9,12-13H,4-7,10-11H2,1-3H3/b22-19-. The molecule has 1 saturated carbocycles. The zero-order chi connectivity index (χ0) is 18.7. The molecule has 1 aliphatic rings. The van der Waals surface area contributed by atoms with E-state index in [2.05, 4.69) is 29.0 Å². The second-order valence-electron chi connectivity index (χ2n) is 7.09. The van der Waals surface area contributed by atoms with Crippen LogP contribution >= 0.6 is 23.1 Å². The van der Waals surface area contributed by atoms with Gasteiger partial charge in [-0.3, -0.25) is 8.75 Å². The number of methoxy groups -OCH3 is 1. The lowest BCUT2D eigenvalue weighted by molar-refractivity contribution is 0.0996. The second-order valence-corrected chi connectivity index (χ2v) is 8.49. The van der Waals surface area contributed by atoms with Gasteiger partial charge in [0.2, 0.25) is 0 Å². The summed E-state index contributed by atoms with van der Waals surface area (Å²) in [6.45, 7) is 4.45. The topological polar surface area (TPSA) is 43.6 Å². The quantitative estimate of drug-likeness (QED) is 0.678. The zero-order valence-electron chi connectivity index (χ0n) is 15.5. The molecule has 1 fully saturated rings. The number of carbonyl (C=O) groups excluding carboxylic acids is 1. The van der Waals surface area contributed by atoms with E-state index in [1.807, 2.05) is 0 Å². The van der Waals surface area contributed by atoms with Gasteiger partial charge in [0.05, 0.1) is 18.2 Å². The summed E-state index contributed by atoms with van der Waals surface area (Å²) in [7, 11) is 1.54. The molecule has 26 heavy (non-hydrogen) atoms. The van der Waals surface area contributed by atoms with Crippen molar-refractivity contribution in [1.29, 1.82) is 0 Å². The van der Waals surface area contributed by atoms with Crippen molar-refractivity contribution in [3.8, 4) is 5.75 Å². The van der Waals surface area contributed by atoms with E-state index in [0.29, 0.717) is 16.3 Å². The average Bonchev–Trinajstić information content (AvgIpc) is 3.00. The Morgan fingerprint density at radius 2 is 2.19 bits per heavy atom. The minimum absolute atomic E-state index is 0.177.